The van der Waals surface area contributed by atoms with Crippen LogP contribution in [0.15, 0.2) is 64.4 Å². The lowest BCUT2D eigenvalue weighted by atomic mass is 10.0. The van der Waals surface area contributed by atoms with Gasteiger partial charge in [-0.05, 0) is 55.2 Å². The number of anilines is 1. The zero-order valence-electron chi connectivity index (χ0n) is 19.2. The predicted octanol–water partition coefficient (Wildman–Crippen LogP) is 6.09. The van der Waals surface area contributed by atoms with E-state index in [0.29, 0.717) is 18.0 Å². The minimum Gasteiger partial charge on any atom is -0.352 e. The third kappa shape index (κ3) is 6.45. The number of para-hydroxylation sites is 1. The smallest absolute Gasteiger partial charge is 0.265 e. The summed E-state index contributed by atoms with van der Waals surface area (Å²) in [6.07, 6.45) is 9.20. The van der Waals surface area contributed by atoms with E-state index in [9.17, 15) is 9.59 Å². The summed E-state index contributed by atoms with van der Waals surface area (Å²) in [4.78, 5) is 29.2. The molecule has 1 saturated carbocycles. The van der Waals surface area contributed by atoms with Gasteiger partial charge in [0.05, 0.1) is 17.1 Å². The number of carbonyl (C=O) groups is 2. The number of benzene rings is 2. The van der Waals surface area contributed by atoms with Crippen LogP contribution in [-0.2, 0) is 16.1 Å². The SMILES string of the molecule is Cc1ccccc1CN1C(=O)/C(=C/C(=O)NCCCSC2CCCCC2)Sc2ccccc21. The summed E-state index contributed by atoms with van der Waals surface area (Å²) in [6.45, 7) is 3.19. The molecule has 4 rings (SSSR count). The monoisotopic (exact) mass is 480 g/mol. The maximum Gasteiger partial charge on any atom is 0.265 e. The first-order chi connectivity index (χ1) is 16.1. The molecule has 2 aromatic rings. The molecule has 2 aromatic carbocycles. The van der Waals surface area contributed by atoms with E-state index < -0.39 is 0 Å². The summed E-state index contributed by atoms with van der Waals surface area (Å²) in [5, 5.41) is 3.77. The molecule has 1 aliphatic heterocycles. The summed E-state index contributed by atoms with van der Waals surface area (Å²) < 4.78 is 0. The molecule has 0 bridgehead atoms. The normalized spacial score (nSPS) is 17.8. The van der Waals surface area contributed by atoms with E-state index in [4.69, 9.17) is 0 Å². The highest BCUT2D eigenvalue weighted by molar-refractivity contribution is 8.04. The van der Waals surface area contributed by atoms with Gasteiger partial charge in [0.15, 0.2) is 0 Å². The zero-order valence-corrected chi connectivity index (χ0v) is 20.9. The van der Waals surface area contributed by atoms with Crippen LogP contribution in [0, 0.1) is 6.92 Å². The van der Waals surface area contributed by atoms with Crippen LogP contribution in [0.25, 0.3) is 0 Å². The first-order valence-electron chi connectivity index (χ1n) is 11.9. The van der Waals surface area contributed by atoms with Gasteiger partial charge in [-0.2, -0.15) is 11.8 Å². The van der Waals surface area contributed by atoms with Gasteiger partial charge in [-0.3, -0.25) is 9.59 Å². The largest absolute Gasteiger partial charge is 0.352 e. The molecule has 6 heteroatoms. The fraction of sp³-hybridized carbons (Fsp3) is 0.407. The molecule has 0 radical (unpaired) electrons. The molecule has 0 aromatic heterocycles. The summed E-state index contributed by atoms with van der Waals surface area (Å²) in [5.74, 6) is 0.765. The van der Waals surface area contributed by atoms with E-state index in [1.807, 2.05) is 48.2 Å². The maximum absolute atomic E-state index is 13.3. The van der Waals surface area contributed by atoms with Crippen molar-refractivity contribution >= 4 is 41.0 Å². The molecular formula is C27H32N2O2S2. The Morgan fingerprint density at radius 3 is 2.70 bits per heavy atom. The van der Waals surface area contributed by atoms with E-state index in [1.54, 1.807) is 4.90 Å². The van der Waals surface area contributed by atoms with Crippen LogP contribution in [0.2, 0.25) is 0 Å². The van der Waals surface area contributed by atoms with Crippen molar-refractivity contribution in [2.45, 2.75) is 62.1 Å². The predicted molar refractivity (Wildman–Crippen MR) is 140 cm³/mol. The maximum atomic E-state index is 13.3. The highest BCUT2D eigenvalue weighted by atomic mass is 32.2. The van der Waals surface area contributed by atoms with Crippen LogP contribution in [0.5, 0.6) is 0 Å². The highest BCUT2D eigenvalue weighted by Crippen LogP contribution is 2.42. The molecule has 1 fully saturated rings. The highest BCUT2D eigenvalue weighted by Gasteiger charge is 2.29. The minimum absolute atomic E-state index is 0.120. The number of carbonyl (C=O) groups excluding carboxylic acids is 2. The molecule has 1 aliphatic carbocycles. The van der Waals surface area contributed by atoms with Gasteiger partial charge in [-0.25, -0.2) is 0 Å². The second-order valence-corrected chi connectivity index (χ2v) is 11.2. The fourth-order valence-corrected chi connectivity index (χ4v) is 6.65. The second kappa shape index (κ2) is 11.8. The number of aryl methyl sites for hydroxylation is 1. The van der Waals surface area contributed by atoms with Gasteiger partial charge in [0.1, 0.15) is 0 Å². The molecule has 0 spiro atoms. The first-order valence-corrected chi connectivity index (χ1v) is 13.7. The van der Waals surface area contributed by atoms with Gasteiger partial charge >= 0.3 is 0 Å². The number of thioether (sulfide) groups is 2. The Kier molecular flexibility index (Phi) is 8.57. The number of rotatable bonds is 8. The summed E-state index contributed by atoms with van der Waals surface area (Å²) in [6, 6.07) is 16.0. The lowest BCUT2D eigenvalue weighted by Crippen LogP contribution is -2.35. The second-order valence-electron chi connectivity index (χ2n) is 8.67. The van der Waals surface area contributed by atoms with Crippen molar-refractivity contribution in [2.75, 3.05) is 17.2 Å². The van der Waals surface area contributed by atoms with Crippen LogP contribution in [0.3, 0.4) is 0 Å². The number of amides is 2. The van der Waals surface area contributed by atoms with E-state index in [1.165, 1.54) is 49.9 Å². The van der Waals surface area contributed by atoms with Crippen LogP contribution in [0.1, 0.15) is 49.7 Å². The zero-order chi connectivity index (χ0) is 23.0. The van der Waals surface area contributed by atoms with E-state index in [0.717, 1.165) is 39.1 Å². The molecular weight excluding hydrogens is 448 g/mol. The first kappa shape index (κ1) is 24.0. The average molecular weight is 481 g/mol. The Labute approximate surface area is 205 Å². The van der Waals surface area contributed by atoms with Crippen LogP contribution >= 0.6 is 23.5 Å². The minimum atomic E-state index is -0.191. The molecule has 0 unspecified atom stereocenters. The molecule has 1 N–H and O–H groups in total. The van der Waals surface area contributed by atoms with Crippen molar-refractivity contribution < 1.29 is 9.59 Å². The number of nitrogens with zero attached hydrogens (tertiary/aromatic N) is 1. The third-order valence-corrected chi connectivity index (χ3v) is 8.75. The van der Waals surface area contributed by atoms with Gasteiger partial charge in [0.25, 0.3) is 5.91 Å². The molecule has 1 heterocycles. The van der Waals surface area contributed by atoms with E-state index >= 15 is 0 Å². The van der Waals surface area contributed by atoms with E-state index in [-0.39, 0.29) is 11.8 Å². The molecule has 0 atom stereocenters. The number of fused-ring (bicyclic) bond motifs is 1. The van der Waals surface area contributed by atoms with Gasteiger partial charge in [-0.1, -0.05) is 67.4 Å². The third-order valence-electron chi connectivity index (χ3n) is 6.21. The Morgan fingerprint density at radius 2 is 1.88 bits per heavy atom. The topological polar surface area (TPSA) is 49.4 Å². The molecule has 2 amide bonds. The van der Waals surface area contributed by atoms with Crippen LogP contribution < -0.4 is 10.2 Å². The Hall–Kier alpha value is -2.18. The quantitative estimate of drug-likeness (QED) is 0.367. The summed E-state index contributed by atoms with van der Waals surface area (Å²) in [5.41, 5.74) is 3.15. The van der Waals surface area contributed by atoms with Gasteiger partial charge in [0, 0.05) is 22.8 Å². The van der Waals surface area contributed by atoms with Crippen molar-refractivity contribution in [2.24, 2.45) is 0 Å². The van der Waals surface area contributed by atoms with Crippen molar-refractivity contribution in [3.63, 3.8) is 0 Å². The van der Waals surface area contributed by atoms with Crippen molar-refractivity contribution in [1.82, 2.24) is 5.32 Å². The van der Waals surface area contributed by atoms with Gasteiger partial charge in [0.2, 0.25) is 5.91 Å². The number of hydrogen-bond donors (Lipinski definition) is 1. The number of hydrogen-bond acceptors (Lipinski definition) is 4. The van der Waals surface area contributed by atoms with E-state index in [2.05, 4.69) is 24.4 Å². The Morgan fingerprint density at radius 1 is 1.12 bits per heavy atom. The van der Waals surface area contributed by atoms with Gasteiger partial charge < -0.3 is 10.2 Å². The molecule has 4 nitrogen and oxygen atoms in total. The molecule has 0 saturated heterocycles. The number of nitrogens with one attached hydrogen (secondary N) is 1. The summed E-state index contributed by atoms with van der Waals surface area (Å²) in [7, 11) is 0. The van der Waals surface area contributed by atoms with Gasteiger partial charge in [-0.15, -0.1) is 0 Å². The van der Waals surface area contributed by atoms with Crippen molar-refractivity contribution in [3.05, 3.63) is 70.6 Å². The van der Waals surface area contributed by atoms with Crippen LogP contribution in [0.4, 0.5) is 5.69 Å². The molecule has 174 valence electrons. The molecule has 33 heavy (non-hydrogen) atoms. The lowest BCUT2D eigenvalue weighted by molar-refractivity contribution is -0.118. The van der Waals surface area contributed by atoms with Crippen LogP contribution in [-0.4, -0.2) is 29.4 Å². The average Bonchev–Trinajstić information content (AvgIpc) is 2.83. The lowest BCUT2D eigenvalue weighted by Gasteiger charge is -2.30. The Balaban J connectivity index is 1.37. The Bertz CT molecular complexity index is 1010. The molecule has 2 aliphatic rings. The summed E-state index contributed by atoms with van der Waals surface area (Å²) >= 11 is 3.43. The van der Waals surface area contributed by atoms with Crippen molar-refractivity contribution in [3.8, 4) is 0 Å². The van der Waals surface area contributed by atoms with Crippen molar-refractivity contribution in [1.29, 1.82) is 0 Å². The standard InChI is InChI=1S/C27H32N2O2S2/c1-20-10-5-6-11-21(20)19-29-23-14-7-8-15-24(23)33-25(27(29)31)18-26(30)28-16-9-17-32-22-12-3-2-4-13-22/h5-8,10-11,14-15,18,22H,2-4,9,12-13,16-17,19H2,1H3,(H,28,30)/b25-18-. The fourth-order valence-electron chi connectivity index (χ4n) is 4.31.